The van der Waals surface area contributed by atoms with Gasteiger partial charge in [0.2, 0.25) is 0 Å². The van der Waals surface area contributed by atoms with Crippen molar-refractivity contribution in [2.24, 2.45) is 0 Å². The van der Waals surface area contributed by atoms with E-state index < -0.39 is 25.5 Å². The Hall–Kier alpha value is -1.69. The molecule has 116 valence electrons. The van der Waals surface area contributed by atoms with E-state index in [1.165, 1.54) is 7.11 Å². The minimum absolute atomic E-state index is 0.0290. The predicted molar refractivity (Wildman–Crippen MR) is 76.2 cm³/mol. The number of carboxylic acid groups (broad SMARTS) is 2. The number of hydrogen-bond acceptors (Lipinski definition) is 4. The second kappa shape index (κ2) is 7.93. The van der Waals surface area contributed by atoms with Crippen LogP contribution in [0.25, 0.3) is 0 Å². The van der Waals surface area contributed by atoms with Crippen LogP contribution in [0.2, 0.25) is 0 Å². The zero-order valence-electron chi connectivity index (χ0n) is 11.6. The molecule has 0 spiro atoms. The van der Waals surface area contributed by atoms with Crippen molar-refractivity contribution >= 4 is 19.5 Å². The molecule has 0 radical (unpaired) electrons. The molecule has 1 aromatic carbocycles. The zero-order valence-corrected chi connectivity index (χ0v) is 12.5. The molecular weight excluding hydrogens is 297 g/mol. The molecule has 7 nitrogen and oxygen atoms in total. The van der Waals surface area contributed by atoms with E-state index in [0.717, 1.165) is 5.56 Å². The van der Waals surface area contributed by atoms with Crippen LogP contribution in [0, 0.1) is 0 Å². The fourth-order valence-corrected chi connectivity index (χ4v) is 3.47. The third-order valence-corrected chi connectivity index (χ3v) is 4.90. The number of benzene rings is 1. The third kappa shape index (κ3) is 6.08. The highest BCUT2D eigenvalue weighted by atomic mass is 31.2. The van der Waals surface area contributed by atoms with Gasteiger partial charge < -0.3 is 14.7 Å². The molecule has 1 aromatic rings. The first-order chi connectivity index (χ1) is 9.86. The summed E-state index contributed by atoms with van der Waals surface area (Å²) in [5, 5.41) is 20.1. The van der Waals surface area contributed by atoms with E-state index in [1.54, 1.807) is 24.3 Å². The zero-order chi connectivity index (χ0) is 15.9. The third-order valence-electron chi connectivity index (χ3n) is 2.83. The molecule has 3 N–H and O–H groups in total. The lowest BCUT2D eigenvalue weighted by atomic mass is 10.2. The van der Waals surface area contributed by atoms with Gasteiger partial charge in [-0.1, -0.05) is 30.3 Å². The maximum atomic E-state index is 12.6. The smallest absolute Gasteiger partial charge is 0.321 e. The molecule has 21 heavy (non-hydrogen) atoms. The van der Waals surface area contributed by atoms with Crippen LogP contribution in [0.15, 0.2) is 30.3 Å². The van der Waals surface area contributed by atoms with Gasteiger partial charge in [0.05, 0.1) is 6.16 Å². The number of carboxylic acids is 2. The average molecular weight is 315 g/mol. The summed E-state index contributed by atoms with van der Waals surface area (Å²) in [5.74, 6) is -2.38. The molecule has 0 aromatic heterocycles. The lowest BCUT2D eigenvalue weighted by Gasteiger charge is -2.22. The number of carbonyl (C=O) groups is 2. The normalized spacial score (nSPS) is 15.1. The van der Waals surface area contributed by atoms with Gasteiger partial charge in [-0.25, -0.2) is 5.09 Å². The molecule has 0 aliphatic heterocycles. The first-order valence-electron chi connectivity index (χ1n) is 6.27. The Bertz CT molecular complexity index is 533. The Labute approximate surface area is 122 Å². The van der Waals surface area contributed by atoms with Crippen molar-refractivity contribution in [2.75, 3.05) is 7.11 Å². The van der Waals surface area contributed by atoms with Crippen LogP contribution in [-0.4, -0.2) is 35.3 Å². The van der Waals surface area contributed by atoms with Gasteiger partial charge in [-0.3, -0.25) is 14.2 Å². The van der Waals surface area contributed by atoms with Crippen LogP contribution in [0.1, 0.15) is 18.4 Å². The van der Waals surface area contributed by atoms with E-state index in [9.17, 15) is 14.2 Å². The number of hydrogen-bond donors (Lipinski definition) is 3. The van der Waals surface area contributed by atoms with Gasteiger partial charge in [0.15, 0.2) is 0 Å². The van der Waals surface area contributed by atoms with Crippen molar-refractivity contribution in [2.45, 2.75) is 25.0 Å². The Balaban J connectivity index is 2.79. The minimum atomic E-state index is -3.42. The van der Waals surface area contributed by atoms with E-state index in [4.69, 9.17) is 14.7 Å². The number of aliphatic carboxylic acids is 2. The molecule has 0 aliphatic carbocycles. The summed E-state index contributed by atoms with van der Waals surface area (Å²) >= 11 is 0. The first-order valence-corrected chi connectivity index (χ1v) is 8.08. The molecule has 0 bridgehead atoms. The van der Waals surface area contributed by atoms with Gasteiger partial charge in [-0.05, 0) is 12.0 Å². The molecule has 0 aliphatic rings. The fraction of sp³-hybridized carbons (Fsp3) is 0.385. The lowest BCUT2D eigenvalue weighted by Crippen LogP contribution is -2.35. The molecular formula is C13H18NO6P. The second-order valence-corrected chi connectivity index (χ2v) is 6.74. The summed E-state index contributed by atoms with van der Waals surface area (Å²) in [6, 6.07) is 7.61. The molecule has 2 atom stereocenters. The average Bonchev–Trinajstić information content (AvgIpc) is 2.44. The van der Waals surface area contributed by atoms with Gasteiger partial charge in [0.1, 0.15) is 6.04 Å². The summed E-state index contributed by atoms with van der Waals surface area (Å²) in [5.41, 5.74) is 0.734. The molecule has 0 saturated heterocycles. The number of rotatable bonds is 9. The van der Waals surface area contributed by atoms with E-state index in [1.807, 2.05) is 6.07 Å². The first kappa shape index (κ1) is 17.4. The summed E-state index contributed by atoms with van der Waals surface area (Å²) in [4.78, 5) is 21.7. The van der Waals surface area contributed by atoms with Gasteiger partial charge >= 0.3 is 11.9 Å². The fourth-order valence-electron chi connectivity index (χ4n) is 1.74. The van der Waals surface area contributed by atoms with Crippen LogP contribution in [-0.2, 0) is 24.8 Å². The summed E-state index contributed by atoms with van der Waals surface area (Å²) < 4.78 is 17.5. The molecule has 0 heterocycles. The predicted octanol–water partition coefficient (Wildman–Crippen LogP) is 1.93. The monoisotopic (exact) mass is 315 g/mol. The maximum Gasteiger partial charge on any atom is 0.321 e. The van der Waals surface area contributed by atoms with Crippen LogP contribution in [0.5, 0.6) is 0 Å². The van der Waals surface area contributed by atoms with Crippen molar-refractivity contribution < 1.29 is 28.9 Å². The molecule has 1 rings (SSSR count). The summed E-state index contributed by atoms with van der Waals surface area (Å²) in [7, 11) is -2.19. The van der Waals surface area contributed by atoms with E-state index in [-0.39, 0.29) is 19.0 Å². The quantitative estimate of drug-likeness (QED) is 0.597. The van der Waals surface area contributed by atoms with E-state index >= 15 is 0 Å². The van der Waals surface area contributed by atoms with E-state index in [0.29, 0.717) is 0 Å². The minimum Gasteiger partial charge on any atom is -0.481 e. The van der Waals surface area contributed by atoms with Crippen molar-refractivity contribution in [1.29, 1.82) is 0 Å². The molecule has 0 amide bonds. The highest BCUT2D eigenvalue weighted by Gasteiger charge is 2.30. The molecule has 0 saturated carbocycles. The van der Waals surface area contributed by atoms with Crippen molar-refractivity contribution in [3.63, 3.8) is 0 Å². The lowest BCUT2D eigenvalue weighted by molar-refractivity contribution is -0.140. The largest absolute Gasteiger partial charge is 0.481 e. The standard InChI is InChI=1S/C13H18NO6P/c1-20-21(19,9-10-5-3-2-4-6-10)14-11(13(17)18)7-8-12(15)16/h2-6,11H,7-9H2,1H3,(H,14,19)(H,15,16)(H,17,18). The highest BCUT2D eigenvalue weighted by Crippen LogP contribution is 2.45. The summed E-state index contributed by atoms with van der Waals surface area (Å²) in [6.07, 6.45) is -0.479. The van der Waals surface area contributed by atoms with Gasteiger partial charge in [0, 0.05) is 13.5 Å². The molecule has 8 heteroatoms. The second-order valence-electron chi connectivity index (χ2n) is 4.45. The van der Waals surface area contributed by atoms with Crippen molar-refractivity contribution in [1.82, 2.24) is 5.09 Å². The topological polar surface area (TPSA) is 113 Å². The van der Waals surface area contributed by atoms with Crippen molar-refractivity contribution in [3.05, 3.63) is 35.9 Å². The summed E-state index contributed by atoms with van der Waals surface area (Å²) in [6.45, 7) is 0. The Morgan fingerprint density at radius 3 is 2.38 bits per heavy atom. The SMILES string of the molecule is COP(=O)(Cc1ccccc1)NC(CCC(=O)O)C(=O)O. The highest BCUT2D eigenvalue weighted by molar-refractivity contribution is 7.56. The Morgan fingerprint density at radius 1 is 1.29 bits per heavy atom. The number of nitrogens with one attached hydrogen (secondary N) is 1. The molecule has 0 fully saturated rings. The van der Waals surface area contributed by atoms with Crippen LogP contribution >= 0.6 is 7.52 Å². The van der Waals surface area contributed by atoms with Gasteiger partial charge in [0.25, 0.3) is 7.52 Å². The van der Waals surface area contributed by atoms with Crippen molar-refractivity contribution in [3.8, 4) is 0 Å². The van der Waals surface area contributed by atoms with E-state index in [2.05, 4.69) is 5.09 Å². The Kier molecular flexibility index (Phi) is 6.55. The van der Waals surface area contributed by atoms with Crippen LogP contribution in [0.3, 0.4) is 0 Å². The Morgan fingerprint density at radius 2 is 1.90 bits per heavy atom. The van der Waals surface area contributed by atoms with Crippen LogP contribution < -0.4 is 5.09 Å². The molecule has 2 unspecified atom stereocenters. The van der Waals surface area contributed by atoms with Gasteiger partial charge in [-0.2, -0.15) is 0 Å². The van der Waals surface area contributed by atoms with Gasteiger partial charge in [-0.15, -0.1) is 0 Å². The van der Waals surface area contributed by atoms with Crippen LogP contribution in [0.4, 0.5) is 0 Å². The maximum absolute atomic E-state index is 12.6.